The van der Waals surface area contributed by atoms with Gasteiger partial charge >= 0.3 is 0 Å². The largest absolute Gasteiger partial charge is 0.305 e. The summed E-state index contributed by atoms with van der Waals surface area (Å²) in [6, 6.07) is 0. The summed E-state index contributed by atoms with van der Waals surface area (Å²) in [7, 11) is 0. The Labute approximate surface area is 93.5 Å². The van der Waals surface area contributed by atoms with Crippen LogP contribution in [0.4, 0.5) is 0 Å². The Balaban J connectivity index is 1.99. The molecule has 1 unspecified atom stereocenters. The first kappa shape index (κ1) is 10.9. The van der Waals surface area contributed by atoms with Gasteiger partial charge in [-0.2, -0.15) is 0 Å². The lowest BCUT2D eigenvalue weighted by molar-refractivity contribution is 0.281. The molecule has 0 aromatic carbocycles. The molecule has 0 aromatic heterocycles. The molecule has 0 spiro atoms. The van der Waals surface area contributed by atoms with Crippen LogP contribution in [-0.2, 0) is 0 Å². The number of hydrogen-bond acceptors (Lipinski definition) is 1. The summed E-state index contributed by atoms with van der Waals surface area (Å²) in [5, 5.41) is 7.86. The fourth-order valence-electron chi connectivity index (χ4n) is 3.13. The molecule has 2 rings (SSSR count). The standard InChI is InChI=1S/C14H23N/c1-3-4-5-14(6-7-14)12-8-11(2)9-13(15)10-12/h9,12,15H,3-8,10H2,1-2H3. The molecule has 0 saturated heterocycles. The van der Waals surface area contributed by atoms with E-state index in [9.17, 15) is 0 Å². The first-order valence-electron chi connectivity index (χ1n) is 6.41. The molecule has 0 amide bonds. The average Bonchev–Trinajstić information content (AvgIpc) is 2.94. The van der Waals surface area contributed by atoms with Crippen LogP contribution in [0.1, 0.15) is 58.8 Å². The van der Waals surface area contributed by atoms with Gasteiger partial charge in [0.05, 0.1) is 0 Å². The smallest absolute Gasteiger partial charge is 0.0316 e. The molecule has 1 N–H and O–H groups in total. The lowest BCUT2D eigenvalue weighted by Gasteiger charge is -2.30. The highest BCUT2D eigenvalue weighted by molar-refractivity contribution is 5.93. The molecule has 2 aliphatic carbocycles. The third-order valence-electron chi connectivity index (χ3n) is 4.24. The molecule has 2 aliphatic rings. The number of nitrogens with one attached hydrogen (secondary N) is 1. The van der Waals surface area contributed by atoms with Gasteiger partial charge in [0.2, 0.25) is 0 Å². The molecule has 0 bridgehead atoms. The zero-order chi connectivity index (χ0) is 10.9. The summed E-state index contributed by atoms with van der Waals surface area (Å²) in [6.45, 7) is 4.47. The van der Waals surface area contributed by atoms with Crippen molar-refractivity contribution in [2.75, 3.05) is 0 Å². The van der Waals surface area contributed by atoms with E-state index < -0.39 is 0 Å². The van der Waals surface area contributed by atoms with Crippen LogP contribution in [0.2, 0.25) is 0 Å². The maximum absolute atomic E-state index is 7.86. The van der Waals surface area contributed by atoms with Crippen molar-refractivity contribution in [1.29, 1.82) is 5.41 Å². The number of allylic oxidation sites excluding steroid dienone is 2. The predicted molar refractivity (Wildman–Crippen MR) is 65.4 cm³/mol. The van der Waals surface area contributed by atoms with E-state index in [1.807, 2.05) is 0 Å². The lowest BCUT2D eigenvalue weighted by Crippen LogP contribution is -2.22. The van der Waals surface area contributed by atoms with Gasteiger partial charge < -0.3 is 5.41 Å². The van der Waals surface area contributed by atoms with Crippen molar-refractivity contribution >= 4 is 5.71 Å². The fourth-order valence-corrected chi connectivity index (χ4v) is 3.13. The second-order valence-corrected chi connectivity index (χ2v) is 5.59. The van der Waals surface area contributed by atoms with E-state index in [1.54, 1.807) is 0 Å². The summed E-state index contributed by atoms with van der Waals surface area (Å²) in [6.07, 6.45) is 11.3. The molecular weight excluding hydrogens is 182 g/mol. The Bertz CT molecular complexity index is 284. The molecule has 1 nitrogen and oxygen atoms in total. The Hall–Kier alpha value is -0.590. The molecule has 0 aromatic rings. The second kappa shape index (κ2) is 4.11. The minimum Gasteiger partial charge on any atom is -0.305 e. The second-order valence-electron chi connectivity index (χ2n) is 5.59. The average molecular weight is 205 g/mol. The van der Waals surface area contributed by atoms with Crippen molar-refractivity contribution in [3.8, 4) is 0 Å². The summed E-state index contributed by atoms with van der Waals surface area (Å²) in [5.74, 6) is 0.793. The Morgan fingerprint density at radius 3 is 2.67 bits per heavy atom. The van der Waals surface area contributed by atoms with Crippen LogP contribution in [0.25, 0.3) is 0 Å². The first-order valence-corrected chi connectivity index (χ1v) is 6.41. The molecular formula is C14H23N. The quantitative estimate of drug-likeness (QED) is 0.706. The van der Waals surface area contributed by atoms with E-state index in [-0.39, 0.29) is 0 Å². The van der Waals surface area contributed by atoms with Gasteiger partial charge in [0.25, 0.3) is 0 Å². The van der Waals surface area contributed by atoms with E-state index in [1.165, 1.54) is 44.1 Å². The molecule has 0 heterocycles. The zero-order valence-electron chi connectivity index (χ0n) is 10.1. The Morgan fingerprint density at radius 2 is 2.13 bits per heavy atom. The summed E-state index contributed by atoms with van der Waals surface area (Å²) < 4.78 is 0. The third-order valence-corrected chi connectivity index (χ3v) is 4.24. The number of hydrogen-bond donors (Lipinski definition) is 1. The molecule has 84 valence electrons. The lowest BCUT2D eigenvalue weighted by atomic mass is 9.75. The van der Waals surface area contributed by atoms with Crippen molar-refractivity contribution in [2.45, 2.75) is 58.8 Å². The highest BCUT2D eigenvalue weighted by Crippen LogP contribution is 2.59. The Kier molecular flexibility index (Phi) is 2.99. The van der Waals surface area contributed by atoms with Gasteiger partial charge in [0.1, 0.15) is 0 Å². The van der Waals surface area contributed by atoms with Crippen LogP contribution in [0, 0.1) is 16.7 Å². The zero-order valence-corrected chi connectivity index (χ0v) is 10.1. The molecule has 1 atom stereocenters. The normalized spacial score (nSPS) is 28.8. The first-order chi connectivity index (χ1) is 7.16. The highest BCUT2D eigenvalue weighted by Gasteiger charge is 2.48. The van der Waals surface area contributed by atoms with E-state index >= 15 is 0 Å². The van der Waals surface area contributed by atoms with E-state index in [2.05, 4.69) is 19.9 Å². The SMILES string of the molecule is CCCCC1(C2CC(=N)C=C(C)C2)CC1. The van der Waals surface area contributed by atoms with Gasteiger partial charge in [0, 0.05) is 5.71 Å². The molecule has 0 radical (unpaired) electrons. The van der Waals surface area contributed by atoms with Gasteiger partial charge in [-0.3, -0.25) is 0 Å². The van der Waals surface area contributed by atoms with Gasteiger partial charge in [-0.05, 0) is 56.4 Å². The Morgan fingerprint density at radius 1 is 1.40 bits per heavy atom. The van der Waals surface area contributed by atoms with Gasteiger partial charge in [-0.1, -0.05) is 25.3 Å². The van der Waals surface area contributed by atoms with Gasteiger partial charge in [0.15, 0.2) is 0 Å². The van der Waals surface area contributed by atoms with E-state index in [4.69, 9.17) is 5.41 Å². The van der Waals surface area contributed by atoms with Crippen molar-refractivity contribution < 1.29 is 0 Å². The topological polar surface area (TPSA) is 23.9 Å². The van der Waals surface area contributed by atoms with Crippen LogP contribution in [0.15, 0.2) is 11.6 Å². The highest BCUT2D eigenvalue weighted by atomic mass is 14.6. The van der Waals surface area contributed by atoms with Crippen molar-refractivity contribution in [3.63, 3.8) is 0 Å². The molecule has 1 fully saturated rings. The number of rotatable bonds is 4. The van der Waals surface area contributed by atoms with Crippen LogP contribution in [0.3, 0.4) is 0 Å². The van der Waals surface area contributed by atoms with Crippen LogP contribution < -0.4 is 0 Å². The minimum absolute atomic E-state index is 0.651. The minimum atomic E-state index is 0.651. The molecule has 15 heavy (non-hydrogen) atoms. The summed E-state index contributed by atoms with van der Waals surface area (Å²) in [5.41, 5.74) is 2.95. The van der Waals surface area contributed by atoms with Crippen molar-refractivity contribution in [2.24, 2.45) is 11.3 Å². The summed E-state index contributed by atoms with van der Waals surface area (Å²) in [4.78, 5) is 0. The van der Waals surface area contributed by atoms with Crippen molar-refractivity contribution in [1.82, 2.24) is 0 Å². The maximum Gasteiger partial charge on any atom is 0.0316 e. The fraction of sp³-hybridized carbons (Fsp3) is 0.786. The molecule has 1 heteroatoms. The third kappa shape index (κ3) is 2.32. The van der Waals surface area contributed by atoms with Crippen molar-refractivity contribution in [3.05, 3.63) is 11.6 Å². The number of unbranched alkanes of at least 4 members (excludes halogenated alkanes) is 1. The van der Waals surface area contributed by atoms with E-state index in [0.29, 0.717) is 5.41 Å². The molecule has 1 saturated carbocycles. The maximum atomic E-state index is 7.86. The monoisotopic (exact) mass is 205 g/mol. The van der Waals surface area contributed by atoms with Gasteiger partial charge in [-0.15, -0.1) is 0 Å². The van der Waals surface area contributed by atoms with Crippen LogP contribution >= 0.6 is 0 Å². The van der Waals surface area contributed by atoms with Crippen LogP contribution in [-0.4, -0.2) is 5.71 Å². The van der Waals surface area contributed by atoms with Crippen LogP contribution in [0.5, 0.6) is 0 Å². The van der Waals surface area contributed by atoms with Gasteiger partial charge in [-0.25, -0.2) is 0 Å². The summed E-state index contributed by atoms with van der Waals surface area (Å²) >= 11 is 0. The van der Waals surface area contributed by atoms with E-state index in [0.717, 1.165) is 18.1 Å². The predicted octanol–water partition coefficient (Wildman–Crippen LogP) is 4.33. The molecule has 0 aliphatic heterocycles.